The molecule has 134 valence electrons. The molecule has 3 rings (SSSR count). The molecule has 0 bridgehead atoms. The van der Waals surface area contributed by atoms with Crippen LogP contribution in [-0.4, -0.2) is 29.4 Å². The first kappa shape index (κ1) is 17.7. The minimum Gasteiger partial charge on any atom is -0.478 e. The number of carbonyl (C=O) groups is 3. The van der Waals surface area contributed by atoms with E-state index in [-0.39, 0.29) is 23.8 Å². The van der Waals surface area contributed by atoms with E-state index in [4.69, 9.17) is 5.11 Å². The highest BCUT2D eigenvalue weighted by Crippen LogP contribution is 2.30. The van der Waals surface area contributed by atoms with Crippen LogP contribution in [-0.2, 0) is 9.59 Å². The van der Waals surface area contributed by atoms with Crippen molar-refractivity contribution < 1.29 is 19.5 Å². The molecule has 1 fully saturated rings. The van der Waals surface area contributed by atoms with E-state index in [1.54, 1.807) is 17.0 Å². The summed E-state index contributed by atoms with van der Waals surface area (Å²) in [6.45, 7) is 4.26. The molecular formula is C20H20N2O4. The van der Waals surface area contributed by atoms with Crippen LogP contribution in [0.5, 0.6) is 0 Å². The molecule has 0 saturated carbocycles. The molecule has 1 heterocycles. The lowest BCUT2D eigenvalue weighted by molar-refractivity contribution is -0.122. The van der Waals surface area contributed by atoms with Gasteiger partial charge in [0.25, 0.3) is 0 Å². The largest absolute Gasteiger partial charge is 0.478 e. The van der Waals surface area contributed by atoms with Crippen molar-refractivity contribution in [1.82, 2.24) is 0 Å². The van der Waals surface area contributed by atoms with Crippen LogP contribution in [0.25, 0.3) is 0 Å². The molecule has 0 aliphatic carbocycles. The Morgan fingerprint density at radius 2 is 1.88 bits per heavy atom. The Balaban J connectivity index is 1.74. The normalized spacial score (nSPS) is 16.6. The molecule has 0 unspecified atom stereocenters. The smallest absolute Gasteiger partial charge is 0.335 e. The van der Waals surface area contributed by atoms with Gasteiger partial charge in [0.2, 0.25) is 11.8 Å². The molecule has 0 spiro atoms. The van der Waals surface area contributed by atoms with Gasteiger partial charge in [-0.1, -0.05) is 18.2 Å². The minimum atomic E-state index is -1.06. The molecule has 6 heteroatoms. The van der Waals surface area contributed by atoms with Crippen molar-refractivity contribution in [3.05, 3.63) is 59.2 Å². The Morgan fingerprint density at radius 3 is 2.62 bits per heavy atom. The number of nitrogens with one attached hydrogen (secondary N) is 1. The zero-order chi connectivity index (χ0) is 18.8. The Labute approximate surface area is 151 Å². The Hall–Kier alpha value is -3.15. The molecule has 2 amide bonds. The molecule has 1 atom stereocenters. The van der Waals surface area contributed by atoms with Gasteiger partial charge in [0.05, 0.1) is 11.5 Å². The summed E-state index contributed by atoms with van der Waals surface area (Å²) < 4.78 is 0. The fourth-order valence-electron chi connectivity index (χ4n) is 3.12. The van der Waals surface area contributed by atoms with Crippen LogP contribution in [0.4, 0.5) is 11.4 Å². The Morgan fingerprint density at radius 1 is 1.15 bits per heavy atom. The van der Waals surface area contributed by atoms with Gasteiger partial charge in [-0.05, 0) is 49.2 Å². The number of aryl methyl sites for hydroxylation is 1. The molecule has 6 nitrogen and oxygen atoms in total. The summed E-state index contributed by atoms with van der Waals surface area (Å²) in [5.41, 5.74) is 3.46. The van der Waals surface area contributed by atoms with E-state index in [0.29, 0.717) is 12.2 Å². The van der Waals surface area contributed by atoms with Crippen molar-refractivity contribution >= 4 is 29.2 Å². The van der Waals surface area contributed by atoms with Crippen molar-refractivity contribution in [2.45, 2.75) is 20.3 Å². The number of carboxylic acid groups (broad SMARTS) is 1. The maximum atomic E-state index is 12.5. The van der Waals surface area contributed by atoms with E-state index in [9.17, 15) is 14.4 Å². The van der Waals surface area contributed by atoms with Gasteiger partial charge in [-0.2, -0.15) is 0 Å². The number of hydrogen-bond donors (Lipinski definition) is 2. The standard InChI is InChI=1S/C20H20N2O4/c1-12-5-3-8-17(13(12)2)22-11-15(10-18(22)23)19(24)21-16-7-4-6-14(9-16)20(25)26/h3-9,15H,10-11H2,1-2H3,(H,21,24)(H,25,26)/t15-/m0/s1. The minimum absolute atomic E-state index is 0.0851. The van der Waals surface area contributed by atoms with Crippen LogP contribution in [0.15, 0.2) is 42.5 Å². The van der Waals surface area contributed by atoms with Gasteiger partial charge in [-0.3, -0.25) is 9.59 Å². The van der Waals surface area contributed by atoms with Crippen LogP contribution in [0.3, 0.4) is 0 Å². The molecule has 2 aromatic rings. The van der Waals surface area contributed by atoms with Crippen molar-refractivity contribution in [3.63, 3.8) is 0 Å². The second-order valence-corrected chi connectivity index (χ2v) is 6.50. The van der Waals surface area contributed by atoms with Crippen LogP contribution in [0, 0.1) is 19.8 Å². The van der Waals surface area contributed by atoms with Crippen LogP contribution in [0.2, 0.25) is 0 Å². The topological polar surface area (TPSA) is 86.7 Å². The number of hydrogen-bond acceptors (Lipinski definition) is 3. The average Bonchev–Trinajstić information content (AvgIpc) is 2.99. The van der Waals surface area contributed by atoms with Gasteiger partial charge >= 0.3 is 5.97 Å². The van der Waals surface area contributed by atoms with Gasteiger partial charge in [0.15, 0.2) is 0 Å². The summed E-state index contributed by atoms with van der Waals surface area (Å²) in [6, 6.07) is 11.8. The molecular weight excluding hydrogens is 332 g/mol. The molecule has 0 radical (unpaired) electrons. The first-order chi connectivity index (χ1) is 12.4. The van der Waals surface area contributed by atoms with Gasteiger partial charge in [0, 0.05) is 24.3 Å². The maximum absolute atomic E-state index is 12.5. The van der Waals surface area contributed by atoms with Crippen LogP contribution >= 0.6 is 0 Å². The second kappa shape index (κ2) is 7.00. The number of benzene rings is 2. The number of rotatable bonds is 4. The number of amides is 2. The number of carboxylic acids is 1. The SMILES string of the molecule is Cc1cccc(N2C[C@@H](C(=O)Nc3cccc(C(=O)O)c3)CC2=O)c1C. The second-order valence-electron chi connectivity index (χ2n) is 6.50. The van der Waals surface area contributed by atoms with Gasteiger partial charge in [0.1, 0.15) is 0 Å². The van der Waals surface area contributed by atoms with Gasteiger partial charge in [-0.15, -0.1) is 0 Å². The van der Waals surface area contributed by atoms with E-state index in [1.165, 1.54) is 12.1 Å². The number of anilines is 2. The summed E-state index contributed by atoms with van der Waals surface area (Å²) in [7, 11) is 0. The summed E-state index contributed by atoms with van der Waals surface area (Å²) >= 11 is 0. The van der Waals surface area contributed by atoms with Crippen molar-refractivity contribution in [2.75, 3.05) is 16.8 Å². The molecule has 2 N–H and O–H groups in total. The van der Waals surface area contributed by atoms with Crippen LogP contribution in [0.1, 0.15) is 27.9 Å². The van der Waals surface area contributed by atoms with Crippen molar-refractivity contribution in [3.8, 4) is 0 Å². The Bertz CT molecular complexity index is 891. The number of aromatic carboxylic acids is 1. The van der Waals surface area contributed by atoms with E-state index in [1.807, 2.05) is 32.0 Å². The highest BCUT2D eigenvalue weighted by atomic mass is 16.4. The molecule has 26 heavy (non-hydrogen) atoms. The predicted octanol–water partition coefficient (Wildman–Crippen LogP) is 2.99. The first-order valence-corrected chi connectivity index (χ1v) is 8.37. The predicted molar refractivity (Wildman–Crippen MR) is 98.4 cm³/mol. The highest BCUT2D eigenvalue weighted by Gasteiger charge is 2.35. The quantitative estimate of drug-likeness (QED) is 0.886. The van der Waals surface area contributed by atoms with E-state index in [0.717, 1.165) is 16.8 Å². The van der Waals surface area contributed by atoms with E-state index in [2.05, 4.69) is 5.32 Å². The fraction of sp³-hybridized carbons (Fsp3) is 0.250. The Kier molecular flexibility index (Phi) is 4.75. The highest BCUT2D eigenvalue weighted by molar-refractivity contribution is 6.04. The molecule has 1 saturated heterocycles. The van der Waals surface area contributed by atoms with E-state index < -0.39 is 11.9 Å². The molecule has 1 aliphatic heterocycles. The number of nitrogens with zero attached hydrogens (tertiary/aromatic N) is 1. The summed E-state index contributed by atoms with van der Waals surface area (Å²) in [5.74, 6) is -1.90. The monoisotopic (exact) mass is 352 g/mol. The third-order valence-corrected chi connectivity index (χ3v) is 4.74. The average molecular weight is 352 g/mol. The first-order valence-electron chi connectivity index (χ1n) is 8.37. The molecule has 0 aromatic heterocycles. The third kappa shape index (κ3) is 3.44. The van der Waals surface area contributed by atoms with Crippen molar-refractivity contribution in [2.24, 2.45) is 5.92 Å². The van der Waals surface area contributed by atoms with Crippen LogP contribution < -0.4 is 10.2 Å². The summed E-state index contributed by atoms with van der Waals surface area (Å²) in [6.07, 6.45) is 0.137. The zero-order valence-electron chi connectivity index (χ0n) is 14.7. The lowest BCUT2D eigenvalue weighted by Crippen LogP contribution is -2.28. The van der Waals surface area contributed by atoms with Gasteiger partial charge < -0.3 is 15.3 Å². The summed E-state index contributed by atoms with van der Waals surface area (Å²) in [5, 5.41) is 11.8. The zero-order valence-corrected chi connectivity index (χ0v) is 14.7. The lowest BCUT2D eigenvalue weighted by atomic mass is 10.1. The lowest BCUT2D eigenvalue weighted by Gasteiger charge is -2.20. The third-order valence-electron chi connectivity index (χ3n) is 4.74. The molecule has 2 aromatic carbocycles. The summed E-state index contributed by atoms with van der Waals surface area (Å²) in [4.78, 5) is 37.6. The molecule has 1 aliphatic rings. The number of carbonyl (C=O) groups excluding carboxylic acids is 2. The van der Waals surface area contributed by atoms with Crippen molar-refractivity contribution in [1.29, 1.82) is 0 Å². The maximum Gasteiger partial charge on any atom is 0.335 e. The fourth-order valence-corrected chi connectivity index (χ4v) is 3.12. The van der Waals surface area contributed by atoms with E-state index >= 15 is 0 Å². The van der Waals surface area contributed by atoms with Gasteiger partial charge in [-0.25, -0.2) is 4.79 Å².